The monoisotopic (exact) mass is 386 g/mol. The van der Waals surface area contributed by atoms with Crippen molar-refractivity contribution in [2.75, 3.05) is 13.2 Å². The number of ether oxygens (including phenoxy) is 1. The maximum Gasteiger partial charge on any atom is 0.325 e. The van der Waals surface area contributed by atoms with E-state index in [9.17, 15) is 9.59 Å². The number of nitrogens with one attached hydrogen (secondary N) is 1. The van der Waals surface area contributed by atoms with E-state index >= 15 is 0 Å². The molecule has 0 radical (unpaired) electrons. The third-order valence-electron chi connectivity index (χ3n) is 4.96. The summed E-state index contributed by atoms with van der Waals surface area (Å²) in [5.41, 5.74) is 1.78. The van der Waals surface area contributed by atoms with E-state index in [0.717, 1.165) is 22.4 Å². The van der Waals surface area contributed by atoms with Crippen LogP contribution in [-0.4, -0.2) is 30.0 Å². The molecule has 1 saturated heterocycles. The van der Waals surface area contributed by atoms with E-state index in [4.69, 9.17) is 16.3 Å². The Labute approximate surface area is 164 Å². The first-order valence-electron chi connectivity index (χ1n) is 8.97. The lowest BCUT2D eigenvalue weighted by molar-refractivity contribution is -0.132. The summed E-state index contributed by atoms with van der Waals surface area (Å²) < 4.78 is 5.81. The van der Waals surface area contributed by atoms with Crippen molar-refractivity contribution in [2.24, 2.45) is 0 Å². The Morgan fingerprint density at radius 1 is 1.11 bits per heavy atom. The zero-order chi connectivity index (χ0) is 19.6. The first-order valence-corrected chi connectivity index (χ1v) is 9.35. The molecule has 1 heterocycles. The summed E-state index contributed by atoms with van der Waals surface area (Å²) >= 11 is 5.95. The van der Waals surface area contributed by atoms with Crippen LogP contribution in [0, 0.1) is 13.8 Å². The summed E-state index contributed by atoms with van der Waals surface area (Å²) in [5.74, 6) is 0.503. The third kappa shape index (κ3) is 3.65. The Balaban J connectivity index is 1.73. The molecule has 0 saturated carbocycles. The molecule has 27 heavy (non-hydrogen) atoms. The zero-order valence-corrected chi connectivity index (χ0v) is 16.5. The van der Waals surface area contributed by atoms with Gasteiger partial charge in [0.05, 0.1) is 6.54 Å². The normalized spacial score (nSPS) is 19.3. The quantitative estimate of drug-likeness (QED) is 0.757. The van der Waals surface area contributed by atoms with Crippen LogP contribution in [0.25, 0.3) is 0 Å². The lowest BCUT2D eigenvalue weighted by Crippen LogP contribution is -2.43. The number of aryl methyl sites for hydroxylation is 2. The zero-order valence-electron chi connectivity index (χ0n) is 15.7. The first-order chi connectivity index (χ1) is 12.9. The van der Waals surface area contributed by atoms with Gasteiger partial charge in [-0.05, 0) is 55.2 Å². The molecule has 142 valence electrons. The molecule has 6 heteroatoms. The first kappa shape index (κ1) is 19.2. The summed E-state index contributed by atoms with van der Waals surface area (Å²) in [5, 5.41) is 3.44. The number of hydrogen-bond acceptors (Lipinski definition) is 3. The molecule has 0 bridgehead atoms. The van der Waals surface area contributed by atoms with Crippen LogP contribution >= 0.6 is 11.6 Å². The van der Waals surface area contributed by atoms with Crippen LogP contribution in [0.1, 0.15) is 30.0 Å². The lowest BCUT2D eigenvalue weighted by atomic mass is 9.87. The number of nitrogens with zero attached hydrogens (tertiary/aromatic N) is 1. The molecule has 1 N–H and O–H groups in total. The summed E-state index contributed by atoms with van der Waals surface area (Å²) in [4.78, 5) is 26.8. The van der Waals surface area contributed by atoms with Crippen LogP contribution in [0.2, 0.25) is 5.02 Å². The standard InChI is InChI=1S/C21H23ClN2O3/c1-4-21(16-7-9-17(22)10-8-16)19(25)24(20(26)23-21)11-12-27-18-13-14(2)5-6-15(18)3/h5-10,13H,4,11-12H2,1-3H3,(H,23,26). The highest BCUT2D eigenvalue weighted by Gasteiger charge is 2.51. The molecule has 0 aliphatic carbocycles. The van der Waals surface area contributed by atoms with Gasteiger partial charge in [-0.2, -0.15) is 0 Å². The van der Waals surface area contributed by atoms with Crippen LogP contribution < -0.4 is 10.1 Å². The second-order valence-corrected chi connectivity index (χ2v) is 7.21. The van der Waals surface area contributed by atoms with Crippen LogP contribution in [-0.2, 0) is 10.3 Å². The number of rotatable bonds is 6. The molecule has 5 nitrogen and oxygen atoms in total. The van der Waals surface area contributed by atoms with Gasteiger partial charge in [-0.1, -0.05) is 42.8 Å². The predicted octanol–water partition coefficient (Wildman–Crippen LogP) is 4.19. The fraction of sp³-hybridized carbons (Fsp3) is 0.333. The van der Waals surface area contributed by atoms with Gasteiger partial charge in [-0.15, -0.1) is 0 Å². The van der Waals surface area contributed by atoms with Gasteiger partial charge in [0.15, 0.2) is 0 Å². The van der Waals surface area contributed by atoms with E-state index in [1.54, 1.807) is 24.3 Å². The number of benzene rings is 2. The van der Waals surface area contributed by atoms with Crippen LogP contribution in [0.5, 0.6) is 5.75 Å². The molecule has 2 aromatic carbocycles. The minimum Gasteiger partial charge on any atom is -0.491 e. The average molecular weight is 387 g/mol. The van der Waals surface area contributed by atoms with E-state index in [0.29, 0.717) is 11.4 Å². The largest absolute Gasteiger partial charge is 0.491 e. The molecular weight excluding hydrogens is 364 g/mol. The Morgan fingerprint density at radius 2 is 1.81 bits per heavy atom. The molecule has 1 aliphatic heterocycles. The van der Waals surface area contributed by atoms with Gasteiger partial charge < -0.3 is 10.1 Å². The molecule has 3 amide bonds. The topological polar surface area (TPSA) is 58.6 Å². The molecule has 3 rings (SSSR count). The van der Waals surface area contributed by atoms with E-state index in [2.05, 4.69) is 5.32 Å². The van der Waals surface area contributed by atoms with Gasteiger partial charge in [-0.3, -0.25) is 9.69 Å². The van der Waals surface area contributed by atoms with Crippen LogP contribution in [0.15, 0.2) is 42.5 Å². The van der Waals surface area contributed by atoms with Crippen molar-refractivity contribution < 1.29 is 14.3 Å². The van der Waals surface area contributed by atoms with Gasteiger partial charge in [0.25, 0.3) is 5.91 Å². The van der Waals surface area contributed by atoms with E-state index in [1.165, 1.54) is 4.90 Å². The third-order valence-corrected chi connectivity index (χ3v) is 5.21. The van der Waals surface area contributed by atoms with E-state index < -0.39 is 11.6 Å². The fourth-order valence-electron chi connectivity index (χ4n) is 3.31. The maximum atomic E-state index is 13.1. The van der Waals surface area contributed by atoms with Crippen molar-refractivity contribution in [3.05, 3.63) is 64.2 Å². The van der Waals surface area contributed by atoms with Gasteiger partial charge in [-0.25, -0.2) is 4.79 Å². The highest BCUT2D eigenvalue weighted by molar-refractivity contribution is 6.30. The Bertz CT molecular complexity index is 866. The molecule has 0 spiro atoms. The molecular formula is C21H23ClN2O3. The number of halogens is 1. The fourth-order valence-corrected chi connectivity index (χ4v) is 3.44. The number of urea groups is 1. The van der Waals surface area contributed by atoms with Crippen molar-refractivity contribution in [1.29, 1.82) is 0 Å². The maximum absolute atomic E-state index is 13.1. The van der Waals surface area contributed by atoms with E-state index in [1.807, 2.05) is 39.0 Å². The van der Waals surface area contributed by atoms with Gasteiger partial charge in [0, 0.05) is 5.02 Å². The highest BCUT2D eigenvalue weighted by Crippen LogP contribution is 2.33. The molecule has 0 aromatic heterocycles. The molecule has 1 aliphatic rings. The van der Waals surface area contributed by atoms with Crippen LogP contribution in [0.3, 0.4) is 0 Å². The summed E-state index contributed by atoms with van der Waals surface area (Å²) in [6, 6.07) is 12.6. The smallest absolute Gasteiger partial charge is 0.325 e. The number of imide groups is 1. The molecule has 1 fully saturated rings. The Hall–Kier alpha value is -2.53. The number of carbonyl (C=O) groups is 2. The average Bonchev–Trinajstić information content (AvgIpc) is 2.90. The summed E-state index contributed by atoms with van der Waals surface area (Å²) in [7, 11) is 0. The van der Waals surface area contributed by atoms with Crippen molar-refractivity contribution >= 4 is 23.5 Å². The van der Waals surface area contributed by atoms with Gasteiger partial charge in [0.1, 0.15) is 17.9 Å². The minimum absolute atomic E-state index is 0.188. The lowest BCUT2D eigenvalue weighted by Gasteiger charge is -2.26. The minimum atomic E-state index is -1.05. The summed E-state index contributed by atoms with van der Waals surface area (Å²) in [6.07, 6.45) is 0.452. The second-order valence-electron chi connectivity index (χ2n) is 6.77. The number of hydrogen-bond donors (Lipinski definition) is 1. The van der Waals surface area contributed by atoms with Crippen molar-refractivity contribution in [2.45, 2.75) is 32.7 Å². The summed E-state index contributed by atoms with van der Waals surface area (Å²) in [6.45, 7) is 6.26. The molecule has 1 atom stereocenters. The van der Waals surface area contributed by atoms with Crippen molar-refractivity contribution in [3.8, 4) is 5.75 Å². The van der Waals surface area contributed by atoms with Gasteiger partial charge in [0.2, 0.25) is 0 Å². The number of carbonyl (C=O) groups excluding carboxylic acids is 2. The van der Waals surface area contributed by atoms with Crippen LogP contribution in [0.4, 0.5) is 4.79 Å². The molecule has 1 unspecified atom stereocenters. The Kier molecular flexibility index (Phi) is 5.42. The molecule has 2 aromatic rings. The second kappa shape index (κ2) is 7.61. The highest BCUT2D eigenvalue weighted by atomic mass is 35.5. The van der Waals surface area contributed by atoms with Crippen molar-refractivity contribution in [1.82, 2.24) is 10.2 Å². The van der Waals surface area contributed by atoms with E-state index in [-0.39, 0.29) is 19.1 Å². The van der Waals surface area contributed by atoms with Crippen molar-refractivity contribution in [3.63, 3.8) is 0 Å². The van der Waals surface area contributed by atoms with Gasteiger partial charge >= 0.3 is 6.03 Å². The Morgan fingerprint density at radius 3 is 2.48 bits per heavy atom. The number of amides is 3. The predicted molar refractivity (Wildman–Crippen MR) is 105 cm³/mol. The SMILES string of the molecule is CCC1(c2ccc(Cl)cc2)NC(=O)N(CCOc2cc(C)ccc2C)C1=O.